The van der Waals surface area contributed by atoms with Crippen LogP contribution in [0.3, 0.4) is 0 Å². The summed E-state index contributed by atoms with van der Waals surface area (Å²) in [6.45, 7) is 3.48. The summed E-state index contributed by atoms with van der Waals surface area (Å²) in [5, 5.41) is 4.80. The second-order valence-electron chi connectivity index (χ2n) is 7.28. The topological polar surface area (TPSA) is 26.0 Å². The van der Waals surface area contributed by atoms with Gasteiger partial charge in [-0.15, -0.1) is 0 Å². The molecule has 0 radical (unpaired) electrons. The first-order valence-electron chi connectivity index (χ1n) is 9.20. The van der Waals surface area contributed by atoms with E-state index in [-0.39, 0.29) is 5.82 Å². The lowest BCUT2D eigenvalue weighted by Gasteiger charge is -2.21. The maximum absolute atomic E-state index is 13.2. The zero-order valence-electron chi connectivity index (χ0n) is 15.6. The summed E-state index contributed by atoms with van der Waals surface area (Å²) in [6.07, 6.45) is 2.37. The van der Waals surface area contributed by atoms with Gasteiger partial charge in [0.15, 0.2) is 10.6 Å². The number of hydrogen-bond acceptors (Lipinski definition) is 3. The van der Waals surface area contributed by atoms with Gasteiger partial charge < -0.3 is 4.57 Å². The average Bonchev–Trinajstić information content (AvgIpc) is 3.46. The minimum Gasteiger partial charge on any atom is -0.303 e. The van der Waals surface area contributed by atoms with Gasteiger partial charge in [-0.2, -0.15) is 5.10 Å². The number of rotatable bonds is 6. The Kier molecular flexibility index (Phi) is 4.93. The normalized spacial score (nSPS) is 14.1. The lowest BCUT2D eigenvalue weighted by molar-refractivity contribution is 0.186. The summed E-state index contributed by atoms with van der Waals surface area (Å²) in [5.41, 5.74) is 3.37. The summed E-state index contributed by atoms with van der Waals surface area (Å²) < 4.78 is 17.8. The Morgan fingerprint density at radius 3 is 2.59 bits per heavy atom. The number of aryl methyl sites for hydroxylation is 1. The first-order valence-corrected chi connectivity index (χ1v) is 9.61. The first-order chi connectivity index (χ1) is 13.0. The van der Waals surface area contributed by atoms with Crippen LogP contribution in [-0.2, 0) is 20.3 Å². The molecule has 1 saturated carbocycles. The van der Waals surface area contributed by atoms with Crippen LogP contribution in [0, 0.1) is 17.5 Å². The van der Waals surface area contributed by atoms with E-state index in [0.717, 1.165) is 23.5 Å². The maximum Gasteiger partial charge on any atom is 0.199 e. The van der Waals surface area contributed by atoms with Crippen molar-refractivity contribution in [1.29, 1.82) is 0 Å². The van der Waals surface area contributed by atoms with Crippen LogP contribution in [0.2, 0.25) is 0 Å². The molecule has 1 fully saturated rings. The van der Waals surface area contributed by atoms with Crippen molar-refractivity contribution in [3.05, 3.63) is 70.2 Å². The van der Waals surface area contributed by atoms with Crippen molar-refractivity contribution in [3.63, 3.8) is 0 Å². The summed E-state index contributed by atoms with van der Waals surface area (Å²) >= 11 is 5.64. The van der Waals surface area contributed by atoms with Gasteiger partial charge in [-0.25, -0.2) is 9.07 Å². The van der Waals surface area contributed by atoms with E-state index >= 15 is 0 Å². The SMILES string of the molecule is Cc1cccc(-c2nn(CN(Cc3ccc(F)cc3)C3CC3)c(=S)n2C)c1. The molecule has 0 spiro atoms. The van der Waals surface area contributed by atoms with Crippen LogP contribution in [-0.4, -0.2) is 25.3 Å². The summed E-state index contributed by atoms with van der Waals surface area (Å²) in [4.78, 5) is 2.37. The van der Waals surface area contributed by atoms with Gasteiger partial charge in [0.2, 0.25) is 0 Å². The Morgan fingerprint density at radius 2 is 1.93 bits per heavy atom. The van der Waals surface area contributed by atoms with Gasteiger partial charge in [0.1, 0.15) is 5.82 Å². The van der Waals surface area contributed by atoms with Gasteiger partial charge in [-0.3, -0.25) is 4.90 Å². The van der Waals surface area contributed by atoms with Crippen molar-refractivity contribution in [3.8, 4) is 11.4 Å². The van der Waals surface area contributed by atoms with E-state index in [4.69, 9.17) is 17.3 Å². The van der Waals surface area contributed by atoms with E-state index in [9.17, 15) is 4.39 Å². The molecule has 1 aliphatic rings. The Morgan fingerprint density at radius 1 is 1.19 bits per heavy atom. The molecule has 4 rings (SSSR count). The quantitative estimate of drug-likeness (QED) is 0.579. The molecule has 1 aromatic heterocycles. The number of benzene rings is 2. The minimum absolute atomic E-state index is 0.202. The van der Waals surface area contributed by atoms with Gasteiger partial charge >= 0.3 is 0 Å². The molecular formula is C21H23FN4S. The fraction of sp³-hybridized carbons (Fsp3) is 0.333. The maximum atomic E-state index is 13.2. The highest BCUT2D eigenvalue weighted by atomic mass is 32.1. The molecule has 2 aromatic carbocycles. The molecule has 0 aliphatic heterocycles. The fourth-order valence-electron chi connectivity index (χ4n) is 3.35. The zero-order chi connectivity index (χ0) is 19.0. The molecule has 0 bridgehead atoms. The zero-order valence-corrected chi connectivity index (χ0v) is 16.4. The van der Waals surface area contributed by atoms with Gasteiger partial charge in [-0.1, -0.05) is 35.9 Å². The third kappa shape index (κ3) is 4.01. The van der Waals surface area contributed by atoms with E-state index in [1.54, 1.807) is 0 Å². The number of nitrogens with zero attached hydrogens (tertiary/aromatic N) is 4. The molecule has 0 unspecified atom stereocenters. The predicted octanol–water partition coefficient (Wildman–Crippen LogP) is 4.69. The van der Waals surface area contributed by atoms with E-state index in [1.165, 1.54) is 30.5 Å². The molecule has 140 valence electrons. The van der Waals surface area contributed by atoms with Gasteiger partial charge in [0.25, 0.3) is 0 Å². The lowest BCUT2D eigenvalue weighted by Crippen LogP contribution is -2.29. The van der Waals surface area contributed by atoms with E-state index in [2.05, 4.69) is 30.0 Å². The monoisotopic (exact) mass is 382 g/mol. The van der Waals surface area contributed by atoms with Gasteiger partial charge in [0, 0.05) is 25.2 Å². The van der Waals surface area contributed by atoms with Crippen LogP contribution >= 0.6 is 12.2 Å². The highest BCUT2D eigenvalue weighted by Gasteiger charge is 2.29. The predicted molar refractivity (Wildman–Crippen MR) is 107 cm³/mol. The highest BCUT2D eigenvalue weighted by Crippen LogP contribution is 2.29. The van der Waals surface area contributed by atoms with E-state index in [1.807, 2.05) is 34.5 Å². The number of aromatic nitrogens is 3. The summed E-state index contributed by atoms with van der Waals surface area (Å²) in [6, 6.07) is 15.6. The van der Waals surface area contributed by atoms with Crippen molar-refractivity contribution in [2.45, 2.75) is 39.0 Å². The largest absolute Gasteiger partial charge is 0.303 e. The van der Waals surface area contributed by atoms with Crippen molar-refractivity contribution in [2.24, 2.45) is 7.05 Å². The van der Waals surface area contributed by atoms with Crippen molar-refractivity contribution >= 4 is 12.2 Å². The van der Waals surface area contributed by atoms with Crippen molar-refractivity contribution < 1.29 is 4.39 Å². The second kappa shape index (κ2) is 7.37. The number of halogens is 1. The van der Waals surface area contributed by atoms with Crippen LogP contribution in [0.4, 0.5) is 4.39 Å². The molecule has 27 heavy (non-hydrogen) atoms. The molecular weight excluding hydrogens is 359 g/mol. The van der Waals surface area contributed by atoms with Crippen LogP contribution < -0.4 is 0 Å². The molecule has 1 aliphatic carbocycles. The van der Waals surface area contributed by atoms with Crippen molar-refractivity contribution in [1.82, 2.24) is 19.2 Å². The standard InChI is InChI=1S/C21H23FN4S/c1-15-4-3-5-17(12-15)20-23-26(21(27)24(20)2)14-25(19-10-11-19)13-16-6-8-18(22)9-7-16/h3-9,12,19H,10-11,13-14H2,1-2H3. The summed E-state index contributed by atoms with van der Waals surface area (Å²) in [5.74, 6) is 0.674. The molecule has 0 amide bonds. The Labute approximate surface area is 163 Å². The van der Waals surface area contributed by atoms with E-state index < -0.39 is 0 Å². The molecule has 0 atom stereocenters. The van der Waals surface area contributed by atoms with Crippen LogP contribution in [0.1, 0.15) is 24.0 Å². The highest BCUT2D eigenvalue weighted by molar-refractivity contribution is 7.71. The molecule has 0 saturated heterocycles. The summed E-state index contributed by atoms with van der Waals surface area (Å²) in [7, 11) is 1.96. The Balaban J connectivity index is 1.59. The van der Waals surface area contributed by atoms with Crippen LogP contribution in [0.25, 0.3) is 11.4 Å². The Bertz CT molecular complexity index is 1000. The van der Waals surface area contributed by atoms with Gasteiger partial charge in [0.05, 0.1) is 6.67 Å². The Hall–Kier alpha value is -2.31. The average molecular weight is 383 g/mol. The number of hydrogen-bond donors (Lipinski definition) is 0. The fourth-order valence-corrected chi connectivity index (χ4v) is 3.53. The third-order valence-electron chi connectivity index (χ3n) is 4.99. The second-order valence-corrected chi connectivity index (χ2v) is 7.65. The molecule has 4 nitrogen and oxygen atoms in total. The van der Waals surface area contributed by atoms with E-state index in [0.29, 0.717) is 17.5 Å². The first kappa shape index (κ1) is 18.1. The molecule has 1 heterocycles. The smallest absolute Gasteiger partial charge is 0.199 e. The van der Waals surface area contributed by atoms with Crippen molar-refractivity contribution in [2.75, 3.05) is 0 Å². The third-order valence-corrected chi connectivity index (χ3v) is 5.48. The molecule has 6 heteroatoms. The molecule has 3 aromatic rings. The van der Waals surface area contributed by atoms with Crippen LogP contribution in [0.15, 0.2) is 48.5 Å². The van der Waals surface area contributed by atoms with Crippen LogP contribution in [0.5, 0.6) is 0 Å². The minimum atomic E-state index is -0.202. The lowest BCUT2D eigenvalue weighted by atomic mass is 10.1. The van der Waals surface area contributed by atoms with Gasteiger partial charge in [-0.05, 0) is 55.7 Å². The molecule has 0 N–H and O–H groups in total.